The molecule has 0 amide bonds. The van der Waals surface area contributed by atoms with Crippen molar-refractivity contribution in [1.82, 2.24) is 4.90 Å². The van der Waals surface area contributed by atoms with E-state index in [1.807, 2.05) is 0 Å². The number of nitrogens with zero attached hydrogens (tertiary/aromatic N) is 1. The Balaban J connectivity index is 2.15. The minimum atomic E-state index is 0.737. The summed E-state index contributed by atoms with van der Waals surface area (Å²) < 4.78 is 0. The lowest BCUT2D eigenvalue weighted by atomic mass is 9.84. The van der Waals surface area contributed by atoms with Crippen molar-refractivity contribution in [2.45, 2.75) is 58.4 Å². The van der Waals surface area contributed by atoms with Crippen LogP contribution in [0.3, 0.4) is 0 Å². The van der Waals surface area contributed by atoms with Gasteiger partial charge in [-0.1, -0.05) is 32.0 Å². The van der Waals surface area contributed by atoms with Gasteiger partial charge in [-0.15, -0.1) is 0 Å². The van der Waals surface area contributed by atoms with Gasteiger partial charge in [-0.3, -0.25) is 0 Å². The summed E-state index contributed by atoms with van der Waals surface area (Å²) in [4.78, 5) is 2.71. The standard InChI is InChI=1S/C18H30N2/c1-3-12-20(13-4-2)17-9-8-15-6-5-7-16(10-11-19)18(15)14-17/h5-7,17H,3-4,8-14,19H2,1-2H3. The molecule has 2 nitrogen and oxygen atoms in total. The Kier molecular flexibility index (Phi) is 6.06. The fraction of sp³-hybridized carbons (Fsp3) is 0.667. The zero-order valence-electron chi connectivity index (χ0n) is 13.2. The maximum absolute atomic E-state index is 5.77. The predicted molar refractivity (Wildman–Crippen MR) is 87.2 cm³/mol. The van der Waals surface area contributed by atoms with E-state index in [0.717, 1.165) is 19.0 Å². The third kappa shape index (κ3) is 3.62. The molecule has 1 unspecified atom stereocenters. The van der Waals surface area contributed by atoms with Crippen LogP contribution in [-0.2, 0) is 19.3 Å². The Labute approximate surface area is 124 Å². The van der Waals surface area contributed by atoms with E-state index < -0.39 is 0 Å². The van der Waals surface area contributed by atoms with Crippen LogP contribution in [0.1, 0.15) is 49.8 Å². The summed E-state index contributed by atoms with van der Waals surface area (Å²) in [6, 6.07) is 7.54. The summed E-state index contributed by atoms with van der Waals surface area (Å²) in [5.74, 6) is 0. The van der Waals surface area contributed by atoms with Crippen molar-refractivity contribution in [3.8, 4) is 0 Å². The van der Waals surface area contributed by atoms with Crippen molar-refractivity contribution in [2.24, 2.45) is 5.73 Å². The molecular formula is C18H30N2. The molecule has 1 aromatic rings. The largest absolute Gasteiger partial charge is 0.330 e. The maximum Gasteiger partial charge on any atom is 0.0139 e. The molecule has 2 rings (SSSR count). The van der Waals surface area contributed by atoms with E-state index in [0.29, 0.717) is 0 Å². The average Bonchev–Trinajstić information content (AvgIpc) is 2.47. The molecule has 0 bridgehead atoms. The smallest absolute Gasteiger partial charge is 0.0139 e. The van der Waals surface area contributed by atoms with Crippen LogP contribution in [0.5, 0.6) is 0 Å². The highest BCUT2D eigenvalue weighted by molar-refractivity contribution is 5.38. The van der Waals surface area contributed by atoms with Crippen LogP contribution in [0.2, 0.25) is 0 Å². The molecule has 1 aromatic carbocycles. The molecule has 0 aliphatic heterocycles. The van der Waals surface area contributed by atoms with Gasteiger partial charge in [0.15, 0.2) is 0 Å². The predicted octanol–water partition coefficient (Wildman–Crippen LogP) is 3.17. The average molecular weight is 274 g/mol. The summed E-state index contributed by atoms with van der Waals surface area (Å²) in [5.41, 5.74) is 10.4. The third-order valence-corrected chi connectivity index (χ3v) is 4.51. The second-order valence-corrected chi connectivity index (χ2v) is 6.03. The third-order valence-electron chi connectivity index (χ3n) is 4.51. The highest BCUT2D eigenvalue weighted by atomic mass is 15.1. The van der Waals surface area contributed by atoms with Crippen LogP contribution in [0.25, 0.3) is 0 Å². The summed E-state index contributed by atoms with van der Waals surface area (Å²) in [5, 5.41) is 0. The zero-order valence-corrected chi connectivity index (χ0v) is 13.2. The van der Waals surface area contributed by atoms with Gasteiger partial charge in [-0.2, -0.15) is 0 Å². The van der Waals surface area contributed by atoms with Crippen molar-refractivity contribution in [3.05, 3.63) is 34.9 Å². The minimum Gasteiger partial charge on any atom is -0.330 e. The summed E-state index contributed by atoms with van der Waals surface area (Å²) in [6.07, 6.45) is 7.33. The van der Waals surface area contributed by atoms with Gasteiger partial charge in [-0.25, -0.2) is 0 Å². The second-order valence-electron chi connectivity index (χ2n) is 6.03. The Bertz CT molecular complexity index is 408. The second kappa shape index (κ2) is 7.80. The van der Waals surface area contributed by atoms with Crippen LogP contribution in [0, 0.1) is 0 Å². The van der Waals surface area contributed by atoms with Gasteiger partial charge in [0.25, 0.3) is 0 Å². The molecule has 0 saturated heterocycles. The first-order valence-electron chi connectivity index (χ1n) is 8.33. The molecule has 0 aromatic heterocycles. The first kappa shape index (κ1) is 15.5. The molecule has 1 aliphatic carbocycles. The van der Waals surface area contributed by atoms with Crippen LogP contribution in [0.15, 0.2) is 18.2 Å². The lowest BCUT2D eigenvalue weighted by molar-refractivity contribution is 0.179. The fourth-order valence-corrected chi connectivity index (χ4v) is 3.60. The summed E-state index contributed by atoms with van der Waals surface area (Å²) in [6.45, 7) is 7.83. The van der Waals surface area contributed by atoms with Crippen LogP contribution < -0.4 is 5.73 Å². The first-order chi connectivity index (χ1) is 9.80. The lowest BCUT2D eigenvalue weighted by Gasteiger charge is -2.36. The number of fused-ring (bicyclic) bond motifs is 1. The van der Waals surface area contributed by atoms with Crippen LogP contribution in [0.4, 0.5) is 0 Å². The van der Waals surface area contributed by atoms with E-state index in [4.69, 9.17) is 5.73 Å². The number of nitrogens with two attached hydrogens (primary N) is 1. The van der Waals surface area contributed by atoms with Gasteiger partial charge in [0.1, 0.15) is 0 Å². The zero-order chi connectivity index (χ0) is 14.4. The molecule has 0 fully saturated rings. The highest BCUT2D eigenvalue weighted by Crippen LogP contribution is 2.28. The van der Waals surface area contributed by atoms with Crippen molar-refractivity contribution in [3.63, 3.8) is 0 Å². The highest BCUT2D eigenvalue weighted by Gasteiger charge is 2.24. The summed E-state index contributed by atoms with van der Waals surface area (Å²) >= 11 is 0. The van der Waals surface area contributed by atoms with Gasteiger partial charge in [0.05, 0.1) is 0 Å². The maximum atomic E-state index is 5.77. The normalized spacial score (nSPS) is 18.3. The monoisotopic (exact) mass is 274 g/mol. The Morgan fingerprint density at radius 3 is 2.60 bits per heavy atom. The molecule has 0 radical (unpaired) electrons. The Morgan fingerprint density at radius 2 is 1.95 bits per heavy atom. The molecule has 1 aliphatic rings. The fourth-order valence-electron chi connectivity index (χ4n) is 3.60. The molecule has 20 heavy (non-hydrogen) atoms. The number of benzene rings is 1. The van der Waals surface area contributed by atoms with Gasteiger partial charge in [0.2, 0.25) is 0 Å². The van der Waals surface area contributed by atoms with Crippen molar-refractivity contribution in [2.75, 3.05) is 19.6 Å². The minimum absolute atomic E-state index is 0.737. The van der Waals surface area contributed by atoms with Crippen LogP contribution in [-0.4, -0.2) is 30.6 Å². The molecule has 0 heterocycles. The molecule has 1 atom stereocenters. The first-order valence-corrected chi connectivity index (χ1v) is 8.33. The number of aryl methyl sites for hydroxylation is 1. The van der Waals surface area contributed by atoms with Gasteiger partial charge < -0.3 is 10.6 Å². The van der Waals surface area contributed by atoms with E-state index >= 15 is 0 Å². The number of hydrogen-bond acceptors (Lipinski definition) is 2. The van der Waals surface area contributed by atoms with Gasteiger partial charge in [-0.05, 0) is 74.8 Å². The van der Waals surface area contributed by atoms with E-state index in [9.17, 15) is 0 Å². The quantitative estimate of drug-likeness (QED) is 0.827. The molecule has 112 valence electrons. The van der Waals surface area contributed by atoms with Crippen molar-refractivity contribution < 1.29 is 0 Å². The lowest BCUT2D eigenvalue weighted by Crippen LogP contribution is -2.40. The summed E-state index contributed by atoms with van der Waals surface area (Å²) in [7, 11) is 0. The van der Waals surface area contributed by atoms with Crippen LogP contribution >= 0.6 is 0 Å². The number of hydrogen-bond donors (Lipinski definition) is 1. The molecule has 2 heteroatoms. The SMILES string of the molecule is CCCN(CCC)C1CCc2cccc(CCN)c2C1. The molecule has 0 saturated carbocycles. The van der Waals surface area contributed by atoms with E-state index in [-0.39, 0.29) is 0 Å². The molecule has 2 N–H and O–H groups in total. The van der Waals surface area contributed by atoms with Crippen molar-refractivity contribution in [1.29, 1.82) is 0 Å². The van der Waals surface area contributed by atoms with Gasteiger partial charge in [0, 0.05) is 6.04 Å². The molecule has 0 spiro atoms. The topological polar surface area (TPSA) is 29.3 Å². The van der Waals surface area contributed by atoms with Gasteiger partial charge >= 0.3 is 0 Å². The molecular weight excluding hydrogens is 244 g/mol. The van der Waals surface area contributed by atoms with Crippen molar-refractivity contribution >= 4 is 0 Å². The number of rotatable bonds is 7. The van der Waals surface area contributed by atoms with E-state index in [2.05, 4.69) is 36.9 Å². The Morgan fingerprint density at radius 1 is 1.20 bits per heavy atom. The van der Waals surface area contributed by atoms with E-state index in [1.54, 1.807) is 11.1 Å². The Hall–Kier alpha value is -0.860. The van der Waals surface area contributed by atoms with E-state index in [1.165, 1.54) is 50.8 Å².